The molecule has 0 bridgehead atoms. The summed E-state index contributed by atoms with van der Waals surface area (Å²) in [5, 5.41) is 7.96. The van der Waals surface area contributed by atoms with E-state index in [0.717, 1.165) is 19.3 Å². The molecule has 1 aliphatic rings. The zero-order valence-electron chi connectivity index (χ0n) is 22.0. The summed E-state index contributed by atoms with van der Waals surface area (Å²) in [4.78, 5) is 23.3. The smallest absolute Gasteiger partial charge is 0.376 e. The van der Waals surface area contributed by atoms with E-state index in [2.05, 4.69) is 26.7 Å². The molecule has 0 radical (unpaired) electrons. The summed E-state index contributed by atoms with van der Waals surface area (Å²) in [6.07, 6.45) is 3.12. The van der Waals surface area contributed by atoms with E-state index in [-0.39, 0.29) is 36.1 Å². The van der Waals surface area contributed by atoms with Gasteiger partial charge in [0.2, 0.25) is 0 Å². The Morgan fingerprint density at radius 2 is 1.46 bits per heavy atom. The zero-order chi connectivity index (χ0) is 29.4. The van der Waals surface area contributed by atoms with Gasteiger partial charge in [-0.05, 0) is 50.5 Å². The Kier molecular flexibility index (Phi) is 10.5. The van der Waals surface area contributed by atoms with Crippen LogP contribution in [0.4, 0.5) is 8.78 Å². The molecule has 1 atom stereocenters. The predicted molar refractivity (Wildman–Crippen MR) is 147 cm³/mol. The number of nitrogens with zero attached hydrogens (tertiary/aromatic N) is 4. The van der Waals surface area contributed by atoms with E-state index in [1.807, 2.05) is 0 Å². The maximum atomic E-state index is 13.9. The van der Waals surface area contributed by atoms with Crippen LogP contribution < -0.4 is 11.5 Å². The molecule has 0 saturated carbocycles. The number of halogens is 4. The predicted octanol–water partition coefficient (Wildman–Crippen LogP) is 5.03. The molecule has 5 rings (SSSR count). The van der Waals surface area contributed by atoms with E-state index < -0.39 is 23.1 Å². The molecule has 1 fully saturated rings. The fourth-order valence-electron chi connectivity index (χ4n) is 4.21. The van der Waals surface area contributed by atoms with Gasteiger partial charge in [-0.15, -0.1) is 5.92 Å². The molecule has 0 amide bonds. The van der Waals surface area contributed by atoms with Gasteiger partial charge < -0.3 is 4.74 Å². The van der Waals surface area contributed by atoms with Crippen molar-refractivity contribution in [3.63, 3.8) is 0 Å². The van der Waals surface area contributed by atoms with E-state index in [9.17, 15) is 18.4 Å². The molecule has 0 spiro atoms. The van der Waals surface area contributed by atoms with Crippen LogP contribution in [-0.2, 0) is 30.7 Å². The third-order valence-electron chi connectivity index (χ3n) is 6.39. The number of benzene rings is 2. The molecule has 13 heteroatoms. The van der Waals surface area contributed by atoms with E-state index in [1.54, 1.807) is 19.1 Å². The van der Waals surface area contributed by atoms with Crippen molar-refractivity contribution >= 4 is 23.2 Å². The van der Waals surface area contributed by atoms with Crippen LogP contribution >= 0.6 is 23.2 Å². The standard InChI is InChI=1S/C15H16ClFN2O3.C13H10ClFN2O2/c16-12-5-3-6-13(17)11(12)8-14-18-22-15(20)19(14)9-10-4-1-2-7-21-10;1-2-3-7-17-12(16-19-13(17)18)8-9-10(14)5-4-6-11(9)15/h3,5-6,10H,1-2,4,7-9H2;4-6H,7-8H2,1H3. The molecule has 1 unspecified atom stereocenters. The second-order valence-electron chi connectivity index (χ2n) is 9.10. The fraction of sp³-hybridized carbons (Fsp3) is 0.357. The Hall–Kier alpha value is -3.72. The summed E-state index contributed by atoms with van der Waals surface area (Å²) in [6, 6.07) is 8.86. The van der Waals surface area contributed by atoms with Gasteiger partial charge in [0.25, 0.3) is 0 Å². The lowest BCUT2D eigenvalue weighted by Crippen LogP contribution is -2.30. The molecular weight excluding hydrogens is 581 g/mol. The van der Waals surface area contributed by atoms with Crippen LogP contribution in [0.1, 0.15) is 49.0 Å². The minimum Gasteiger partial charge on any atom is -0.376 e. The van der Waals surface area contributed by atoms with E-state index >= 15 is 0 Å². The van der Waals surface area contributed by atoms with Crippen molar-refractivity contribution in [3.05, 3.63) is 102 Å². The third kappa shape index (κ3) is 7.73. The molecule has 2 aromatic carbocycles. The van der Waals surface area contributed by atoms with Crippen LogP contribution in [-0.4, -0.2) is 32.2 Å². The second-order valence-corrected chi connectivity index (χ2v) is 9.91. The number of hydrogen-bond acceptors (Lipinski definition) is 7. The molecule has 3 heterocycles. The van der Waals surface area contributed by atoms with Crippen LogP contribution in [0.25, 0.3) is 0 Å². The van der Waals surface area contributed by atoms with Crippen molar-refractivity contribution in [1.29, 1.82) is 0 Å². The number of ether oxygens (including phenoxy) is 1. The molecule has 216 valence electrons. The molecule has 41 heavy (non-hydrogen) atoms. The van der Waals surface area contributed by atoms with Crippen molar-refractivity contribution in [2.45, 2.75) is 58.2 Å². The normalized spacial score (nSPS) is 14.6. The molecule has 1 aliphatic heterocycles. The summed E-state index contributed by atoms with van der Waals surface area (Å²) in [6.45, 7) is 2.87. The first-order chi connectivity index (χ1) is 19.8. The van der Waals surface area contributed by atoms with Gasteiger partial charge >= 0.3 is 11.5 Å². The van der Waals surface area contributed by atoms with E-state index in [1.165, 1.54) is 33.4 Å². The lowest BCUT2D eigenvalue weighted by molar-refractivity contribution is 0.00460. The first-order valence-corrected chi connectivity index (χ1v) is 13.5. The molecule has 2 aromatic heterocycles. The first kappa shape index (κ1) is 30.2. The Balaban J connectivity index is 0.000000191. The summed E-state index contributed by atoms with van der Waals surface area (Å²) in [5.74, 6) is 3.99. The number of rotatable bonds is 7. The summed E-state index contributed by atoms with van der Waals surface area (Å²) < 4.78 is 45.1. The first-order valence-electron chi connectivity index (χ1n) is 12.8. The van der Waals surface area contributed by atoms with Crippen LogP contribution in [0.2, 0.25) is 10.0 Å². The van der Waals surface area contributed by atoms with Crippen LogP contribution in [0, 0.1) is 23.5 Å². The summed E-state index contributed by atoms with van der Waals surface area (Å²) in [5.41, 5.74) is 0.575. The second kappa shape index (κ2) is 14.3. The quantitative estimate of drug-likeness (QED) is 0.272. The minimum atomic E-state index is -0.620. The molecule has 9 nitrogen and oxygen atoms in total. The Morgan fingerprint density at radius 3 is 1.98 bits per heavy atom. The van der Waals surface area contributed by atoms with Gasteiger partial charge in [-0.3, -0.25) is 13.6 Å². The molecule has 1 saturated heterocycles. The Bertz CT molecular complexity index is 1620. The van der Waals surface area contributed by atoms with Gasteiger partial charge in [0.05, 0.1) is 19.2 Å². The van der Waals surface area contributed by atoms with Gasteiger partial charge in [0.15, 0.2) is 11.6 Å². The number of aromatic nitrogens is 4. The van der Waals surface area contributed by atoms with Gasteiger partial charge in [-0.1, -0.05) is 51.6 Å². The molecular formula is C28H26Cl2F2N4O5. The highest BCUT2D eigenvalue weighted by molar-refractivity contribution is 6.31. The topological polar surface area (TPSA) is 105 Å². The van der Waals surface area contributed by atoms with Crippen molar-refractivity contribution in [1.82, 2.24) is 19.4 Å². The van der Waals surface area contributed by atoms with Gasteiger partial charge in [-0.2, -0.15) is 0 Å². The SMILES string of the molecule is CC#CCn1c(Cc2c(F)cccc2Cl)noc1=O.O=c1onc(Cc2c(F)cccc2Cl)n1CC1CCCCO1. The summed E-state index contributed by atoms with van der Waals surface area (Å²) >= 11 is 11.9. The van der Waals surface area contributed by atoms with Gasteiger partial charge in [0.1, 0.15) is 11.6 Å². The van der Waals surface area contributed by atoms with E-state index in [4.69, 9.17) is 32.5 Å². The summed E-state index contributed by atoms with van der Waals surface area (Å²) in [7, 11) is 0. The number of hydrogen-bond donors (Lipinski definition) is 0. The van der Waals surface area contributed by atoms with Crippen molar-refractivity contribution < 1.29 is 22.6 Å². The van der Waals surface area contributed by atoms with Crippen LogP contribution in [0.5, 0.6) is 0 Å². The van der Waals surface area contributed by atoms with Gasteiger partial charge in [-0.25, -0.2) is 22.9 Å². The van der Waals surface area contributed by atoms with Gasteiger partial charge in [0, 0.05) is 40.6 Å². The monoisotopic (exact) mass is 606 g/mol. The molecule has 0 aliphatic carbocycles. The average Bonchev–Trinajstić information content (AvgIpc) is 3.49. The Labute approximate surface area is 243 Å². The van der Waals surface area contributed by atoms with Crippen molar-refractivity contribution in [3.8, 4) is 11.8 Å². The maximum absolute atomic E-state index is 13.9. The minimum absolute atomic E-state index is 0.0410. The lowest BCUT2D eigenvalue weighted by Gasteiger charge is -2.22. The lowest BCUT2D eigenvalue weighted by atomic mass is 10.1. The molecule has 4 aromatic rings. The maximum Gasteiger partial charge on any atom is 0.442 e. The highest BCUT2D eigenvalue weighted by Gasteiger charge is 2.21. The molecule has 0 N–H and O–H groups in total. The fourth-order valence-corrected chi connectivity index (χ4v) is 4.67. The average molecular weight is 607 g/mol. The third-order valence-corrected chi connectivity index (χ3v) is 7.10. The highest BCUT2D eigenvalue weighted by atomic mass is 35.5. The van der Waals surface area contributed by atoms with E-state index in [0.29, 0.717) is 35.4 Å². The zero-order valence-corrected chi connectivity index (χ0v) is 23.6. The van der Waals surface area contributed by atoms with Crippen LogP contribution in [0.15, 0.2) is 55.0 Å². The van der Waals surface area contributed by atoms with Crippen LogP contribution in [0.3, 0.4) is 0 Å². The van der Waals surface area contributed by atoms with Crippen molar-refractivity contribution in [2.24, 2.45) is 0 Å². The largest absolute Gasteiger partial charge is 0.442 e. The highest BCUT2D eigenvalue weighted by Crippen LogP contribution is 2.23. The van der Waals surface area contributed by atoms with Crippen molar-refractivity contribution in [2.75, 3.05) is 6.61 Å². The Morgan fingerprint density at radius 1 is 0.902 bits per heavy atom.